The molecular formula is C14H13BrN2OS. The molecule has 0 spiro atoms. The second-order valence-electron chi connectivity index (χ2n) is 4.59. The van der Waals surface area contributed by atoms with Gasteiger partial charge in [0.1, 0.15) is 0 Å². The van der Waals surface area contributed by atoms with Gasteiger partial charge in [0.25, 0.3) is 5.91 Å². The van der Waals surface area contributed by atoms with Gasteiger partial charge in [-0.1, -0.05) is 6.07 Å². The molecule has 3 rings (SSSR count). The summed E-state index contributed by atoms with van der Waals surface area (Å²) in [6.45, 7) is 0.753. The Kier molecular flexibility index (Phi) is 3.33. The van der Waals surface area contributed by atoms with Crippen LogP contribution in [0.5, 0.6) is 0 Å². The number of nitrogen functional groups attached to an aromatic ring is 1. The maximum atomic E-state index is 12.6. The molecule has 5 heteroatoms. The van der Waals surface area contributed by atoms with E-state index in [2.05, 4.69) is 15.9 Å². The molecule has 1 aliphatic heterocycles. The van der Waals surface area contributed by atoms with E-state index < -0.39 is 0 Å². The average Bonchev–Trinajstić information content (AvgIpc) is 2.84. The SMILES string of the molecule is Nc1ccc2c(c1)N(C(=O)c1csc(Br)c1)CCC2. The highest BCUT2D eigenvalue weighted by atomic mass is 79.9. The third-order valence-corrected chi connectivity index (χ3v) is 4.79. The van der Waals surface area contributed by atoms with Crippen LogP contribution in [0.3, 0.4) is 0 Å². The van der Waals surface area contributed by atoms with Crippen LogP contribution in [0.15, 0.2) is 33.4 Å². The van der Waals surface area contributed by atoms with Gasteiger partial charge >= 0.3 is 0 Å². The van der Waals surface area contributed by atoms with E-state index in [1.54, 1.807) is 0 Å². The van der Waals surface area contributed by atoms with Crippen molar-refractivity contribution in [3.63, 3.8) is 0 Å². The fourth-order valence-electron chi connectivity index (χ4n) is 2.38. The number of thiophene rings is 1. The van der Waals surface area contributed by atoms with Crippen molar-refractivity contribution < 1.29 is 4.79 Å². The van der Waals surface area contributed by atoms with E-state index in [4.69, 9.17) is 5.73 Å². The second-order valence-corrected chi connectivity index (χ2v) is 6.88. The number of carbonyl (C=O) groups is 1. The summed E-state index contributed by atoms with van der Waals surface area (Å²) in [4.78, 5) is 14.4. The van der Waals surface area contributed by atoms with Crippen LogP contribution in [0.1, 0.15) is 22.3 Å². The predicted octanol–water partition coefficient (Wildman–Crippen LogP) is 3.69. The van der Waals surface area contributed by atoms with E-state index in [0.29, 0.717) is 5.69 Å². The van der Waals surface area contributed by atoms with Crippen LogP contribution >= 0.6 is 27.3 Å². The normalized spacial score (nSPS) is 14.3. The van der Waals surface area contributed by atoms with Crippen LogP contribution in [-0.4, -0.2) is 12.5 Å². The summed E-state index contributed by atoms with van der Waals surface area (Å²) in [6, 6.07) is 7.68. The van der Waals surface area contributed by atoms with Gasteiger partial charge in [-0.15, -0.1) is 11.3 Å². The lowest BCUT2D eigenvalue weighted by Crippen LogP contribution is -2.35. The molecule has 1 amide bonds. The Bertz CT molecular complexity index is 638. The number of amides is 1. The van der Waals surface area contributed by atoms with Gasteiger partial charge in [0.15, 0.2) is 0 Å². The minimum Gasteiger partial charge on any atom is -0.399 e. The van der Waals surface area contributed by atoms with Gasteiger partial charge in [-0.25, -0.2) is 0 Å². The lowest BCUT2D eigenvalue weighted by atomic mass is 10.0. The molecule has 2 aromatic rings. The van der Waals surface area contributed by atoms with Crippen molar-refractivity contribution in [3.05, 3.63) is 44.6 Å². The van der Waals surface area contributed by atoms with E-state index in [9.17, 15) is 4.79 Å². The van der Waals surface area contributed by atoms with E-state index in [1.165, 1.54) is 16.9 Å². The number of carbonyl (C=O) groups excluding carboxylic acids is 1. The minimum atomic E-state index is 0.0495. The number of hydrogen-bond donors (Lipinski definition) is 1. The monoisotopic (exact) mass is 336 g/mol. The van der Waals surface area contributed by atoms with Gasteiger partial charge in [0.05, 0.1) is 9.35 Å². The van der Waals surface area contributed by atoms with Crippen LogP contribution < -0.4 is 10.6 Å². The molecule has 2 heterocycles. The topological polar surface area (TPSA) is 46.3 Å². The second kappa shape index (κ2) is 4.98. The predicted molar refractivity (Wildman–Crippen MR) is 82.9 cm³/mol. The number of rotatable bonds is 1. The van der Waals surface area contributed by atoms with Crippen LogP contribution in [0.25, 0.3) is 0 Å². The van der Waals surface area contributed by atoms with Crippen molar-refractivity contribution in [1.29, 1.82) is 0 Å². The summed E-state index contributed by atoms with van der Waals surface area (Å²) >= 11 is 4.92. The maximum absolute atomic E-state index is 12.6. The molecule has 0 saturated heterocycles. The zero-order valence-corrected chi connectivity index (χ0v) is 12.6. The molecule has 1 aliphatic rings. The summed E-state index contributed by atoms with van der Waals surface area (Å²) in [5, 5.41) is 1.88. The molecule has 0 unspecified atom stereocenters. The molecule has 2 N–H and O–H groups in total. The fraction of sp³-hybridized carbons (Fsp3) is 0.214. The average molecular weight is 337 g/mol. The van der Waals surface area contributed by atoms with Gasteiger partial charge in [0, 0.05) is 23.3 Å². The van der Waals surface area contributed by atoms with E-state index in [0.717, 1.165) is 34.4 Å². The number of fused-ring (bicyclic) bond motifs is 1. The van der Waals surface area contributed by atoms with Crippen molar-refractivity contribution >= 4 is 44.5 Å². The summed E-state index contributed by atoms with van der Waals surface area (Å²) < 4.78 is 0.973. The van der Waals surface area contributed by atoms with Crippen molar-refractivity contribution in [2.24, 2.45) is 0 Å². The molecule has 98 valence electrons. The molecule has 0 aliphatic carbocycles. The molecule has 19 heavy (non-hydrogen) atoms. The Hall–Kier alpha value is -1.33. The van der Waals surface area contributed by atoms with Crippen molar-refractivity contribution in [3.8, 4) is 0 Å². The van der Waals surface area contributed by atoms with Crippen molar-refractivity contribution in [2.45, 2.75) is 12.8 Å². The Morgan fingerprint density at radius 2 is 2.21 bits per heavy atom. The quantitative estimate of drug-likeness (QED) is 0.807. The highest BCUT2D eigenvalue weighted by Crippen LogP contribution is 2.31. The van der Waals surface area contributed by atoms with Crippen molar-refractivity contribution in [1.82, 2.24) is 0 Å². The maximum Gasteiger partial charge on any atom is 0.259 e. The molecule has 3 nitrogen and oxygen atoms in total. The lowest BCUT2D eigenvalue weighted by Gasteiger charge is -2.29. The van der Waals surface area contributed by atoms with Gasteiger partial charge in [0.2, 0.25) is 0 Å². The number of nitrogens with zero attached hydrogens (tertiary/aromatic N) is 1. The summed E-state index contributed by atoms with van der Waals surface area (Å²) in [7, 11) is 0. The number of hydrogen-bond acceptors (Lipinski definition) is 3. The summed E-state index contributed by atoms with van der Waals surface area (Å²) in [5.41, 5.74) is 9.43. The first-order valence-electron chi connectivity index (χ1n) is 6.09. The van der Waals surface area contributed by atoms with Gasteiger partial charge in [-0.05, 0) is 52.5 Å². The first-order valence-corrected chi connectivity index (χ1v) is 7.77. The van der Waals surface area contributed by atoms with Gasteiger partial charge in [-0.3, -0.25) is 4.79 Å². The first kappa shape index (κ1) is 12.7. The summed E-state index contributed by atoms with van der Waals surface area (Å²) in [5.74, 6) is 0.0495. The smallest absolute Gasteiger partial charge is 0.259 e. The number of benzene rings is 1. The Morgan fingerprint density at radius 3 is 2.95 bits per heavy atom. The lowest BCUT2D eigenvalue weighted by molar-refractivity contribution is 0.0985. The van der Waals surface area contributed by atoms with E-state index in [1.807, 2.05) is 34.5 Å². The zero-order chi connectivity index (χ0) is 13.4. The number of halogens is 1. The zero-order valence-electron chi connectivity index (χ0n) is 10.2. The van der Waals surface area contributed by atoms with Gasteiger partial charge < -0.3 is 10.6 Å². The third-order valence-electron chi connectivity index (χ3n) is 3.29. The number of anilines is 2. The molecule has 0 bridgehead atoms. The van der Waals surface area contributed by atoms with Crippen molar-refractivity contribution in [2.75, 3.05) is 17.2 Å². The highest BCUT2D eigenvalue weighted by molar-refractivity contribution is 9.11. The Labute approximate surface area is 124 Å². The fourth-order valence-corrected chi connectivity index (χ4v) is 3.51. The van der Waals surface area contributed by atoms with Crippen LogP contribution in [-0.2, 0) is 6.42 Å². The number of aryl methyl sites for hydroxylation is 1. The molecule has 1 aromatic heterocycles. The van der Waals surface area contributed by atoms with E-state index >= 15 is 0 Å². The minimum absolute atomic E-state index is 0.0495. The van der Waals surface area contributed by atoms with Crippen LogP contribution in [0.2, 0.25) is 0 Å². The molecule has 0 saturated carbocycles. The molecule has 0 fully saturated rings. The molecular weight excluding hydrogens is 324 g/mol. The third kappa shape index (κ3) is 2.40. The molecule has 0 atom stereocenters. The largest absolute Gasteiger partial charge is 0.399 e. The Balaban J connectivity index is 1.99. The van der Waals surface area contributed by atoms with Crippen LogP contribution in [0, 0.1) is 0 Å². The van der Waals surface area contributed by atoms with Gasteiger partial charge in [-0.2, -0.15) is 0 Å². The number of nitrogens with two attached hydrogens (primary N) is 1. The highest BCUT2D eigenvalue weighted by Gasteiger charge is 2.24. The summed E-state index contributed by atoms with van der Waals surface area (Å²) in [6.07, 6.45) is 2.00. The Morgan fingerprint density at radius 1 is 1.37 bits per heavy atom. The molecule has 0 radical (unpaired) electrons. The molecule has 1 aromatic carbocycles. The van der Waals surface area contributed by atoms with Crippen LogP contribution in [0.4, 0.5) is 11.4 Å². The van der Waals surface area contributed by atoms with E-state index in [-0.39, 0.29) is 5.91 Å². The first-order chi connectivity index (χ1) is 9.15. The standard InChI is InChI=1S/C14H13BrN2OS/c15-13-6-10(8-19-13)14(18)17-5-1-2-9-3-4-11(16)7-12(9)17/h3-4,6-8H,1-2,5,16H2.